The van der Waals surface area contributed by atoms with Crippen LogP contribution in [-0.2, 0) is 29.0 Å². The highest BCUT2D eigenvalue weighted by atomic mass is 16.2. The van der Waals surface area contributed by atoms with Crippen LogP contribution in [0, 0.1) is 0 Å². The zero-order valence-corrected chi connectivity index (χ0v) is 15.0. The number of benzene rings is 2. The van der Waals surface area contributed by atoms with Crippen LogP contribution in [0.15, 0.2) is 53.6 Å². The van der Waals surface area contributed by atoms with Crippen molar-refractivity contribution in [3.8, 4) is 0 Å². The Morgan fingerprint density at radius 1 is 1.11 bits per heavy atom. The van der Waals surface area contributed by atoms with E-state index in [2.05, 4.69) is 28.6 Å². The Labute approximate surface area is 158 Å². The Hall–Kier alpha value is -3.15. The van der Waals surface area contributed by atoms with E-state index in [0.717, 1.165) is 24.1 Å². The van der Waals surface area contributed by atoms with Crippen LogP contribution in [0.5, 0.6) is 0 Å². The number of hydrogen-bond acceptors (Lipinski definition) is 4. The first-order valence-corrected chi connectivity index (χ1v) is 9.22. The molecule has 2 aliphatic rings. The number of hydrogen-bond donors (Lipinski definition) is 2. The number of aryl methyl sites for hydroxylation is 2. The number of nitrogens with one attached hydrogen (secondary N) is 1. The van der Waals surface area contributed by atoms with E-state index in [0.29, 0.717) is 12.3 Å². The summed E-state index contributed by atoms with van der Waals surface area (Å²) in [5.41, 5.74) is 10.4. The number of rotatable bonds is 5. The smallest absolute Gasteiger partial charge is 0.267 e. The summed E-state index contributed by atoms with van der Waals surface area (Å²) >= 11 is 0. The van der Waals surface area contributed by atoms with Crippen molar-refractivity contribution in [2.45, 2.75) is 38.3 Å². The van der Waals surface area contributed by atoms with Crippen molar-refractivity contribution in [1.82, 2.24) is 5.32 Å². The topological polar surface area (TPSA) is 87.8 Å². The van der Waals surface area contributed by atoms with Crippen molar-refractivity contribution in [3.63, 3.8) is 0 Å². The number of nitrogens with zero attached hydrogens (tertiary/aromatic N) is 2. The molecule has 1 aliphatic carbocycles. The molecule has 0 fully saturated rings. The Kier molecular flexibility index (Phi) is 4.62. The number of nitrogens with two attached hydrogens (primary N) is 1. The van der Waals surface area contributed by atoms with Gasteiger partial charge in [0.2, 0.25) is 5.91 Å². The third kappa shape index (κ3) is 3.56. The molecule has 2 aromatic rings. The summed E-state index contributed by atoms with van der Waals surface area (Å²) in [7, 11) is 0. The minimum atomic E-state index is -0.645. The van der Waals surface area contributed by atoms with Gasteiger partial charge in [0.05, 0.1) is 5.69 Å². The molecule has 6 heteroatoms. The van der Waals surface area contributed by atoms with Gasteiger partial charge in [-0.05, 0) is 48.1 Å². The molecule has 2 aromatic carbocycles. The summed E-state index contributed by atoms with van der Waals surface area (Å²) in [5.74, 6) is -0.760. The van der Waals surface area contributed by atoms with Gasteiger partial charge in [-0.1, -0.05) is 36.4 Å². The van der Waals surface area contributed by atoms with Crippen LogP contribution in [0.25, 0.3) is 0 Å². The zero-order chi connectivity index (χ0) is 18.8. The van der Waals surface area contributed by atoms with Crippen LogP contribution in [0.1, 0.15) is 29.5 Å². The second-order valence-corrected chi connectivity index (χ2v) is 6.99. The summed E-state index contributed by atoms with van der Waals surface area (Å²) in [4.78, 5) is 24.4. The van der Waals surface area contributed by atoms with Crippen LogP contribution >= 0.6 is 0 Å². The molecule has 0 spiro atoms. The van der Waals surface area contributed by atoms with Crippen LogP contribution < -0.4 is 16.1 Å². The number of fused-ring (bicyclic) bond motifs is 1. The lowest BCUT2D eigenvalue weighted by atomic mass is 10.1. The van der Waals surface area contributed by atoms with Gasteiger partial charge in [-0.3, -0.25) is 14.6 Å². The van der Waals surface area contributed by atoms with Crippen LogP contribution in [0.4, 0.5) is 5.69 Å². The quantitative estimate of drug-likeness (QED) is 0.852. The molecule has 1 atom stereocenters. The van der Waals surface area contributed by atoms with Gasteiger partial charge in [0.25, 0.3) is 5.91 Å². The number of anilines is 1. The molecule has 0 aromatic heterocycles. The highest BCUT2D eigenvalue weighted by Gasteiger charge is 2.34. The maximum atomic E-state index is 12.6. The van der Waals surface area contributed by atoms with Crippen LogP contribution in [0.2, 0.25) is 0 Å². The summed E-state index contributed by atoms with van der Waals surface area (Å²) in [5, 5.41) is 8.82. The minimum Gasteiger partial charge on any atom is -0.368 e. The Morgan fingerprint density at radius 2 is 1.89 bits per heavy atom. The fraction of sp³-hybridized carbons (Fsp3) is 0.286. The molecule has 6 nitrogen and oxygen atoms in total. The molecule has 3 N–H and O–H groups in total. The molecule has 0 bridgehead atoms. The number of amides is 2. The van der Waals surface area contributed by atoms with Gasteiger partial charge < -0.3 is 11.1 Å². The van der Waals surface area contributed by atoms with Gasteiger partial charge in [-0.15, -0.1) is 0 Å². The summed E-state index contributed by atoms with van der Waals surface area (Å²) < 4.78 is 0. The van der Waals surface area contributed by atoms with Crippen molar-refractivity contribution < 1.29 is 9.59 Å². The van der Waals surface area contributed by atoms with E-state index in [1.807, 2.05) is 30.3 Å². The molecule has 0 radical (unpaired) electrons. The van der Waals surface area contributed by atoms with E-state index < -0.39 is 11.9 Å². The third-order valence-electron chi connectivity index (χ3n) is 5.14. The van der Waals surface area contributed by atoms with Crippen molar-refractivity contribution in [2.24, 2.45) is 10.8 Å². The van der Waals surface area contributed by atoms with Crippen LogP contribution in [0.3, 0.4) is 0 Å². The Balaban J connectivity index is 1.46. The first kappa shape index (κ1) is 17.3. The molecular weight excluding hydrogens is 340 g/mol. The van der Waals surface area contributed by atoms with Gasteiger partial charge in [-0.25, -0.2) is 0 Å². The van der Waals surface area contributed by atoms with Gasteiger partial charge >= 0.3 is 0 Å². The molecule has 2 amide bonds. The molecule has 1 heterocycles. The van der Waals surface area contributed by atoms with Gasteiger partial charge in [0.15, 0.2) is 0 Å². The van der Waals surface area contributed by atoms with E-state index in [4.69, 9.17) is 5.73 Å². The van der Waals surface area contributed by atoms with E-state index in [9.17, 15) is 9.59 Å². The normalized spacial score (nSPS) is 18.1. The second-order valence-electron chi connectivity index (χ2n) is 6.99. The maximum Gasteiger partial charge on any atom is 0.267 e. The molecule has 27 heavy (non-hydrogen) atoms. The zero-order valence-electron chi connectivity index (χ0n) is 15.0. The Bertz CT molecular complexity index is 908. The summed E-state index contributed by atoms with van der Waals surface area (Å²) in [6, 6.07) is 15.0. The number of primary amides is 1. The predicted molar refractivity (Wildman–Crippen MR) is 104 cm³/mol. The molecule has 0 saturated carbocycles. The lowest BCUT2D eigenvalue weighted by molar-refractivity contribution is -0.119. The first-order valence-electron chi connectivity index (χ1n) is 9.22. The Morgan fingerprint density at radius 3 is 2.67 bits per heavy atom. The number of hydrazone groups is 1. The summed E-state index contributed by atoms with van der Waals surface area (Å²) in [6.45, 7) is 0.442. The van der Waals surface area contributed by atoms with Crippen LogP contribution in [-0.4, -0.2) is 23.6 Å². The molecule has 1 unspecified atom stereocenters. The van der Waals surface area contributed by atoms with E-state index in [1.165, 1.54) is 22.6 Å². The first-order chi connectivity index (χ1) is 13.1. The van der Waals surface area contributed by atoms with Crippen molar-refractivity contribution in [2.75, 3.05) is 5.01 Å². The molecule has 4 rings (SSSR count). The maximum absolute atomic E-state index is 12.6. The second kappa shape index (κ2) is 7.23. The summed E-state index contributed by atoms with van der Waals surface area (Å²) in [6.07, 6.45) is 3.66. The molecule has 138 valence electrons. The monoisotopic (exact) mass is 362 g/mol. The SMILES string of the molecule is NC(=O)C1CC(C(=O)NCc2ccc3c(c2)CCC3)=NN1c1ccccc1. The lowest BCUT2D eigenvalue weighted by Gasteiger charge is -2.20. The highest BCUT2D eigenvalue weighted by Crippen LogP contribution is 2.25. The largest absolute Gasteiger partial charge is 0.368 e. The molecule has 1 aliphatic heterocycles. The van der Waals surface area contributed by atoms with E-state index >= 15 is 0 Å². The minimum absolute atomic E-state index is 0.209. The van der Waals surface area contributed by atoms with Crippen molar-refractivity contribution in [1.29, 1.82) is 0 Å². The predicted octanol–water partition coefficient (Wildman–Crippen LogP) is 1.91. The third-order valence-corrected chi connectivity index (χ3v) is 5.14. The van der Waals surface area contributed by atoms with Crippen molar-refractivity contribution in [3.05, 3.63) is 65.2 Å². The molecular formula is C21H22N4O2. The van der Waals surface area contributed by atoms with Crippen molar-refractivity contribution >= 4 is 23.2 Å². The standard InChI is InChI=1S/C21H22N4O2/c22-20(26)19-12-18(24-25(19)17-7-2-1-3-8-17)21(27)23-13-14-9-10-15-5-4-6-16(15)11-14/h1-3,7-11,19H,4-6,12-13H2,(H2,22,26)(H,23,27). The molecule has 0 saturated heterocycles. The van der Waals surface area contributed by atoms with Gasteiger partial charge in [0, 0.05) is 13.0 Å². The number of para-hydroxylation sites is 1. The average Bonchev–Trinajstić information content (AvgIpc) is 3.33. The number of carbonyl (C=O) groups excluding carboxylic acids is 2. The fourth-order valence-corrected chi connectivity index (χ4v) is 3.71. The fourth-order valence-electron chi connectivity index (χ4n) is 3.71. The lowest BCUT2D eigenvalue weighted by Crippen LogP contribution is -2.39. The van der Waals surface area contributed by atoms with E-state index in [-0.39, 0.29) is 12.3 Å². The van der Waals surface area contributed by atoms with Gasteiger partial charge in [-0.2, -0.15) is 5.10 Å². The van der Waals surface area contributed by atoms with E-state index in [1.54, 1.807) is 0 Å². The number of carbonyl (C=O) groups is 2. The highest BCUT2D eigenvalue weighted by molar-refractivity contribution is 6.40. The van der Waals surface area contributed by atoms with Gasteiger partial charge in [0.1, 0.15) is 11.8 Å². The average molecular weight is 362 g/mol.